The topological polar surface area (TPSA) is 38.0 Å². The Hall–Kier alpha value is -1.17. The summed E-state index contributed by atoms with van der Waals surface area (Å²) in [6.07, 6.45) is 0. The Morgan fingerprint density at radius 1 is 1.32 bits per heavy atom. The molecular weight excluding hydrogens is 351 g/mol. The SMILES string of the molecule is NC(=S)c1cc(Br)ccc1Nc1c(F)cccc1Cl. The molecule has 0 atom stereocenters. The molecule has 0 aromatic heterocycles. The lowest BCUT2D eigenvalue weighted by molar-refractivity contribution is 0.632. The highest BCUT2D eigenvalue weighted by molar-refractivity contribution is 9.10. The number of para-hydroxylation sites is 1. The summed E-state index contributed by atoms with van der Waals surface area (Å²) in [4.78, 5) is 0.219. The van der Waals surface area contributed by atoms with Gasteiger partial charge in [-0.25, -0.2) is 4.39 Å². The fourth-order valence-electron chi connectivity index (χ4n) is 1.58. The lowest BCUT2D eigenvalue weighted by atomic mass is 10.1. The zero-order valence-corrected chi connectivity index (χ0v) is 12.7. The molecule has 0 fully saturated rings. The molecule has 0 radical (unpaired) electrons. The molecule has 0 spiro atoms. The molecule has 0 aliphatic rings. The van der Waals surface area contributed by atoms with Gasteiger partial charge < -0.3 is 11.1 Å². The van der Waals surface area contributed by atoms with E-state index in [0.717, 1.165) is 4.47 Å². The lowest BCUT2D eigenvalue weighted by Gasteiger charge is -2.13. The monoisotopic (exact) mass is 358 g/mol. The Labute approximate surface area is 128 Å². The van der Waals surface area contributed by atoms with E-state index in [2.05, 4.69) is 21.2 Å². The molecule has 0 aliphatic carbocycles. The predicted octanol–water partition coefficient (Wildman–Crippen LogP) is 4.62. The predicted molar refractivity (Wildman–Crippen MR) is 84.7 cm³/mol. The first-order valence-corrected chi connectivity index (χ1v) is 6.87. The van der Waals surface area contributed by atoms with Gasteiger partial charge in [-0.2, -0.15) is 0 Å². The fourth-order valence-corrected chi connectivity index (χ4v) is 2.32. The smallest absolute Gasteiger partial charge is 0.148 e. The second-order valence-electron chi connectivity index (χ2n) is 3.78. The average Bonchev–Trinajstić information content (AvgIpc) is 2.35. The highest BCUT2D eigenvalue weighted by atomic mass is 79.9. The van der Waals surface area contributed by atoms with E-state index in [4.69, 9.17) is 29.6 Å². The number of anilines is 2. The zero-order chi connectivity index (χ0) is 14.0. The van der Waals surface area contributed by atoms with Crippen molar-refractivity contribution in [1.29, 1.82) is 0 Å². The minimum Gasteiger partial charge on any atom is -0.389 e. The van der Waals surface area contributed by atoms with Gasteiger partial charge in [0.05, 0.1) is 10.7 Å². The minimum atomic E-state index is -0.440. The summed E-state index contributed by atoms with van der Waals surface area (Å²) in [6.45, 7) is 0. The largest absolute Gasteiger partial charge is 0.389 e. The van der Waals surface area contributed by atoms with Gasteiger partial charge in [0.1, 0.15) is 10.8 Å². The minimum absolute atomic E-state index is 0.198. The quantitative estimate of drug-likeness (QED) is 0.785. The van der Waals surface area contributed by atoms with E-state index >= 15 is 0 Å². The Morgan fingerprint density at radius 2 is 2.05 bits per heavy atom. The van der Waals surface area contributed by atoms with Gasteiger partial charge in [0.25, 0.3) is 0 Å². The maximum atomic E-state index is 13.7. The molecule has 0 unspecified atom stereocenters. The molecule has 2 rings (SSSR count). The van der Waals surface area contributed by atoms with Crippen molar-refractivity contribution in [3.8, 4) is 0 Å². The highest BCUT2D eigenvalue weighted by Gasteiger charge is 2.11. The summed E-state index contributed by atoms with van der Waals surface area (Å²) >= 11 is 14.3. The van der Waals surface area contributed by atoms with Crippen molar-refractivity contribution < 1.29 is 4.39 Å². The molecule has 0 saturated carbocycles. The van der Waals surface area contributed by atoms with Crippen LogP contribution in [0.4, 0.5) is 15.8 Å². The number of benzene rings is 2. The number of thiocarbonyl (C=S) groups is 1. The maximum absolute atomic E-state index is 13.7. The molecule has 0 saturated heterocycles. The lowest BCUT2D eigenvalue weighted by Crippen LogP contribution is -2.12. The number of nitrogens with one attached hydrogen (secondary N) is 1. The van der Waals surface area contributed by atoms with Crippen LogP contribution in [0.1, 0.15) is 5.56 Å². The second kappa shape index (κ2) is 5.86. The fraction of sp³-hybridized carbons (Fsp3) is 0. The molecule has 2 aromatic rings. The van der Waals surface area contributed by atoms with Gasteiger partial charge in [0.2, 0.25) is 0 Å². The van der Waals surface area contributed by atoms with Gasteiger partial charge in [-0.3, -0.25) is 0 Å². The molecule has 2 aromatic carbocycles. The first-order chi connectivity index (χ1) is 8.99. The van der Waals surface area contributed by atoms with Crippen molar-refractivity contribution in [1.82, 2.24) is 0 Å². The van der Waals surface area contributed by atoms with Crippen LogP contribution in [0, 0.1) is 5.82 Å². The normalized spacial score (nSPS) is 10.3. The summed E-state index contributed by atoms with van der Waals surface area (Å²) in [5, 5.41) is 3.21. The van der Waals surface area contributed by atoms with Crippen molar-refractivity contribution in [2.24, 2.45) is 5.73 Å². The van der Waals surface area contributed by atoms with Crippen molar-refractivity contribution in [3.05, 3.63) is 57.3 Å². The summed E-state index contributed by atoms with van der Waals surface area (Å²) in [5.41, 5.74) is 7.07. The Morgan fingerprint density at radius 3 is 2.68 bits per heavy atom. The number of halogens is 3. The van der Waals surface area contributed by atoms with Crippen LogP contribution in [-0.4, -0.2) is 4.99 Å². The van der Waals surface area contributed by atoms with E-state index in [1.165, 1.54) is 6.07 Å². The zero-order valence-electron chi connectivity index (χ0n) is 9.58. The first kappa shape index (κ1) is 14.2. The van der Waals surface area contributed by atoms with Crippen LogP contribution in [0.15, 0.2) is 40.9 Å². The van der Waals surface area contributed by atoms with Gasteiger partial charge in [-0.15, -0.1) is 0 Å². The van der Waals surface area contributed by atoms with Gasteiger partial charge in [-0.1, -0.05) is 45.8 Å². The van der Waals surface area contributed by atoms with E-state index in [1.807, 2.05) is 0 Å². The van der Waals surface area contributed by atoms with Gasteiger partial charge in [0.15, 0.2) is 0 Å². The van der Waals surface area contributed by atoms with Gasteiger partial charge in [-0.05, 0) is 30.3 Å². The van der Waals surface area contributed by atoms with Crippen LogP contribution in [0.25, 0.3) is 0 Å². The number of rotatable bonds is 3. The standard InChI is InChI=1S/C13H9BrClFN2S/c14-7-4-5-11(8(6-7)13(17)19)18-12-9(15)2-1-3-10(12)16/h1-6,18H,(H2,17,19). The van der Waals surface area contributed by atoms with E-state index in [9.17, 15) is 4.39 Å². The van der Waals surface area contributed by atoms with Crippen LogP contribution in [-0.2, 0) is 0 Å². The summed E-state index contributed by atoms with van der Waals surface area (Å²) in [7, 11) is 0. The molecule has 98 valence electrons. The molecule has 3 N–H and O–H groups in total. The number of hydrogen-bond donors (Lipinski definition) is 2. The average molecular weight is 360 g/mol. The second-order valence-corrected chi connectivity index (χ2v) is 5.54. The van der Waals surface area contributed by atoms with Crippen LogP contribution < -0.4 is 11.1 Å². The summed E-state index contributed by atoms with van der Waals surface area (Å²) in [5.74, 6) is -0.440. The third-order valence-electron chi connectivity index (χ3n) is 2.47. The van der Waals surface area contributed by atoms with E-state index < -0.39 is 5.82 Å². The Bertz CT molecular complexity index is 628. The van der Waals surface area contributed by atoms with Gasteiger partial charge in [0, 0.05) is 15.7 Å². The van der Waals surface area contributed by atoms with Crippen molar-refractivity contribution in [2.75, 3.05) is 5.32 Å². The van der Waals surface area contributed by atoms with Crippen molar-refractivity contribution in [2.45, 2.75) is 0 Å². The van der Waals surface area contributed by atoms with Crippen LogP contribution in [0.5, 0.6) is 0 Å². The summed E-state index contributed by atoms with van der Waals surface area (Å²) < 4.78 is 14.6. The van der Waals surface area contributed by atoms with Crippen LogP contribution in [0.3, 0.4) is 0 Å². The summed E-state index contributed by atoms with van der Waals surface area (Å²) in [6, 6.07) is 9.79. The molecule has 6 heteroatoms. The third-order valence-corrected chi connectivity index (χ3v) is 3.50. The van der Waals surface area contributed by atoms with E-state index in [1.54, 1.807) is 30.3 Å². The van der Waals surface area contributed by atoms with Crippen molar-refractivity contribution >= 4 is 56.1 Å². The highest BCUT2D eigenvalue weighted by Crippen LogP contribution is 2.30. The number of nitrogens with two attached hydrogens (primary N) is 1. The number of hydrogen-bond acceptors (Lipinski definition) is 2. The first-order valence-electron chi connectivity index (χ1n) is 5.29. The van der Waals surface area contributed by atoms with E-state index in [0.29, 0.717) is 11.3 Å². The molecule has 19 heavy (non-hydrogen) atoms. The Kier molecular flexibility index (Phi) is 4.39. The van der Waals surface area contributed by atoms with E-state index in [-0.39, 0.29) is 15.7 Å². The maximum Gasteiger partial charge on any atom is 0.148 e. The van der Waals surface area contributed by atoms with Crippen LogP contribution in [0.2, 0.25) is 5.02 Å². The van der Waals surface area contributed by atoms with Gasteiger partial charge >= 0.3 is 0 Å². The molecule has 2 nitrogen and oxygen atoms in total. The third kappa shape index (κ3) is 3.23. The molecule has 0 aliphatic heterocycles. The van der Waals surface area contributed by atoms with Crippen molar-refractivity contribution in [3.63, 3.8) is 0 Å². The Balaban J connectivity index is 2.47. The molecule has 0 amide bonds. The molecule has 0 bridgehead atoms. The molecule has 0 heterocycles. The molecular formula is C13H9BrClFN2S. The van der Waals surface area contributed by atoms with Crippen LogP contribution >= 0.6 is 39.7 Å².